The average molecular weight is 300 g/mol. The van der Waals surface area contributed by atoms with Crippen LogP contribution in [0, 0.1) is 12.8 Å². The molecule has 0 aromatic carbocycles. The van der Waals surface area contributed by atoms with Gasteiger partial charge >= 0.3 is 0 Å². The van der Waals surface area contributed by atoms with Gasteiger partial charge in [-0.25, -0.2) is 0 Å². The Balaban J connectivity index is 2.25. The molecule has 0 spiro atoms. The predicted molar refractivity (Wildman–Crippen MR) is 85.8 cm³/mol. The molecule has 22 heavy (non-hydrogen) atoms. The predicted octanol–water partition coefficient (Wildman–Crippen LogP) is 1.40. The maximum Gasteiger partial charge on any atom is 0.263 e. The Morgan fingerprint density at radius 1 is 1.45 bits per heavy atom. The van der Waals surface area contributed by atoms with Crippen LogP contribution in [0.5, 0.6) is 0 Å². The van der Waals surface area contributed by atoms with Crippen molar-refractivity contribution in [3.05, 3.63) is 58.3 Å². The van der Waals surface area contributed by atoms with Crippen molar-refractivity contribution < 1.29 is 4.79 Å². The van der Waals surface area contributed by atoms with E-state index in [9.17, 15) is 9.59 Å². The fraction of sp³-hybridized carbons (Fsp3) is 0.312. The zero-order valence-electron chi connectivity index (χ0n) is 12.7. The number of nitrogens with two attached hydrogens (primary N) is 1. The summed E-state index contributed by atoms with van der Waals surface area (Å²) in [5.41, 5.74) is 6.87. The number of pyridine rings is 2. The third-order valence-corrected chi connectivity index (χ3v) is 3.44. The molecule has 2 heterocycles. The van der Waals surface area contributed by atoms with Gasteiger partial charge in [-0.05, 0) is 43.1 Å². The van der Waals surface area contributed by atoms with Crippen LogP contribution >= 0.6 is 0 Å². The number of hydrogen-bond donors (Lipinski definition) is 2. The molecule has 116 valence electrons. The van der Waals surface area contributed by atoms with Crippen molar-refractivity contribution in [3.63, 3.8) is 0 Å². The number of aryl methyl sites for hydroxylation is 1. The second-order valence-corrected chi connectivity index (χ2v) is 5.36. The van der Waals surface area contributed by atoms with E-state index in [0.717, 1.165) is 5.56 Å². The SMILES string of the molecule is Cc1cnccc1NC(=O)c1cccn(C[C@@H](C)CN)c1=O. The standard InChI is InChI=1S/C16H20N4O2/c1-11(8-17)10-20-7-3-4-13(16(20)22)15(21)19-14-5-6-18-9-12(14)2/h3-7,9,11H,8,10,17H2,1-2H3,(H,18,19,21)/t11-/m0/s1. The molecular weight excluding hydrogens is 280 g/mol. The molecule has 2 rings (SSSR count). The van der Waals surface area contributed by atoms with Crippen LogP contribution in [0.15, 0.2) is 41.6 Å². The van der Waals surface area contributed by atoms with E-state index >= 15 is 0 Å². The van der Waals surface area contributed by atoms with Crippen molar-refractivity contribution in [2.24, 2.45) is 11.7 Å². The number of amides is 1. The smallest absolute Gasteiger partial charge is 0.263 e. The Kier molecular flexibility index (Phi) is 5.06. The Morgan fingerprint density at radius 2 is 2.23 bits per heavy atom. The summed E-state index contributed by atoms with van der Waals surface area (Å²) in [4.78, 5) is 28.7. The van der Waals surface area contributed by atoms with Gasteiger partial charge in [0.15, 0.2) is 0 Å². The number of hydrogen-bond acceptors (Lipinski definition) is 4. The summed E-state index contributed by atoms with van der Waals surface area (Å²) in [6.07, 6.45) is 4.92. The molecule has 0 aliphatic rings. The van der Waals surface area contributed by atoms with Crippen LogP contribution in [-0.4, -0.2) is 22.0 Å². The molecule has 0 saturated carbocycles. The van der Waals surface area contributed by atoms with Crippen molar-refractivity contribution >= 4 is 11.6 Å². The monoisotopic (exact) mass is 300 g/mol. The van der Waals surface area contributed by atoms with Gasteiger partial charge in [0.25, 0.3) is 11.5 Å². The molecule has 0 aliphatic heterocycles. The minimum absolute atomic E-state index is 0.114. The summed E-state index contributed by atoms with van der Waals surface area (Å²) >= 11 is 0. The van der Waals surface area contributed by atoms with Gasteiger partial charge in [-0.3, -0.25) is 14.6 Å². The van der Waals surface area contributed by atoms with E-state index in [-0.39, 0.29) is 17.0 Å². The van der Waals surface area contributed by atoms with E-state index in [1.54, 1.807) is 30.7 Å². The number of anilines is 1. The van der Waals surface area contributed by atoms with Gasteiger partial charge in [-0.1, -0.05) is 6.92 Å². The van der Waals surface area contributed by atoms with Crippen LogP contribution in [0.25, 0.3) is 0 Å². The van der Waals surface area contributed by atoms with Crippen molar-refractivity contribution in [1.29, 1.82) is 0 Å². The summed E-state index contributed by atoms with van der Waals surface area (Å²) in [7, 11) is 0. The maximum atomic E-state index is 12.4. The van der Waals surface area contributed by atoms with Crippen molar-refractivity contribution in [2.75, 3.05) is 11.9 Å². The van der Waals surface area contributed by atoms with Crippen LogP contribution in [0.3, 0.4) is 0 Å². The van der Waals surface area contributed by atoms with Crippen LogP contribution < -0.4 is 16.6 Å². The number of nitrogens with zero attached hydrogens (tertiary/aromatic N) is 2. The summed E-state index contributed by atoms with van der Waals surface area (Å²) in [6.45, 7) is 4.78. The largest absolute Gasteiger partial charge is 0.330 e. The molecule has 2 aromatic rings. The van der Waals surface area contributed by atoms with Gasteiger partial charge in [0, 0.05) is 30.8 Å². The quantitative estimate of drug-likeness (QED) is 0.873. The Morgan fingerprint density at radius 3 is 2.91 bits per heavy atom. The van der Waals surface area contributed by atoms with Gasteiger partial charge < -0.3 is 15.6 Å². The third kappa shape index (κ3) is 3.59. The van der Waals surface area contributed by atoms with Crippen molar-refractivity contribution in [1.82, 2.24) is 9.55 Å². The lowest BCUT2D eigenvalue weighted by Gasteiger charge is -2.12. The van der Waals surface area contributed by atoms with Gasteiger partial charge in [-0.2, -0.15) is 0 Å². The minimum Gasteiger partial charge on any atom is -0.330 e. The average Bonchev–Trinajstić information content (AvgIpc) is 2.51. The molecule has 0 fully saturated rings. The molecule has 3 N–H and O–H groups in total. The summed E-state index contributed by atoms with van der Waals surface area (Å²) in [6, 6.07) is 4.92. The highest BCUT2D eigenvalue weighted by atomic mass is 16.2. The molecule has 6 heteroatoms. The van der Waals surface area contributed by atoms with E-state index < -0.39 is 5.91 Å². The first kappa shape index (κ1) is 15.9. The normalized spacial score (nSPS) is 12.0. The number of carbonyl (C=O) groups is 1. The van der Waals surface area contributed by atoms with Crippen molar-refractivity contribution in [2.45, 2.75) is 20.4 Å². The van der Waals surface area contributed by atoms with Gasteiger partial charge in [0.05, 0.1) is 0 Å². The molecule has 2 aromatic heterocycles. The highest BCUT2D eigenvalue weighted by Crippen LogP contribution is 2.12. The van der Waals surface area contributed by atoms with Crippen LogP contribution in [0.1, 0.15) is 22.8 Å². The first-order valence-electron chi connectivity index (χ1n) is 7.14. The summed E-state index contributed by atoms with van der Waals surface area (Å²) in [5.74, 6) is -0.257. The van der Waals surface area contributed by atoms with Gasteiger partial charge in [0.1, 0.15) is 5.56 Å². The molecule has 0 radical (unpaired) electrons. The lowest BCUT2D eigenvalue weighted by molar-refractivity contribution is 0.102. The highest BCUT2D eigenvalue weighted by Gasteiger charge is 2.14. The Labute approximate surface area is 129 Å². The van der Waals surface area contributed by atoms with E-state index in [4.69, 9.17) is 5.73 Å². The third-order valence-electron chi connectivity index (χ3n) is 3.44. The molecule has 0 bridgehead atoms. The Hall–Kier alpha value is -2.47. The van der Waals surface area contributed by atoms with E-state index in [0.29, 0.717) is 18.8 Å². The minimum atomic E-state index is -0.422. The molecule has 0 aliphatic carbocycles. The zero-order valence-corrected chi connectivity index (χ0v) is 12.7. The summed E-state index contributed by atoms with van der Waals surface area (Å²) < 4.78 is 1.52. The second-order valence-electron chi connectivity index (χ2n) is 5.36. The second kappa shape index (κ2) is 7.00. The number of rotatable bonds is 5. The fourth-order valence-electron chi connectivity index (χ4n) is 2.07. The number of carbonyl (C=O) groups excluding carboxylic acids is 1. The van der Waals surface area contributed by atoms with Gasteiger partial charge in [0.2, 0.25) is 0 Å². The lowest BCUT2D eigenvalue weighted by atomic mass is 10.1. The van der Waals surface area contributed by atoms with Gasteiger partial charge in [-0.15, -0.1) is 0 Å². The van der Waals surface area contributed by atoms with Crippen molar-refractivity contribution in [3.8, 4) is 0 Å². The number of nitrogens with one attached hydrogen (secondary N) is 1. The molecule has 1 amide bonds. The van der Waals surface area contributed by atoms with E-state index in [1.807, 2.05) is 13.8 Å². The summed E-state index contributed by atoms with van der Waals surface area (Å²) in [5, 5.41) is 2.74. The first-order valence-corrected chi connectivity index (χ1v) is 7.14. The lowest BCUT2D eigenvalue weighted by Crippen LogP contribution is -2.31. The fourth-order valence-corrected chi connectivity index (χ4v) is 2.07. The number of aromatic nitrogens is 2. The van der Waals surface area contributed by atoms with Crippen LogP contribution in [0.4, 0.5) is 5.69 Å². The molecule has 0 unspecified atom stereocenters. The molecule has 1 atom stereocenters. The van der Waals surface area contributed by atoms with Crippen LogP contribution in [0.2, 0.25) is 0 Å². The first-order chi connectivity index (χ1) is 10.5. The molecular formula is C16H20N4O2. The zero-order chi connectivity index (χ0) is 16.1. The van der Waals surface area contributed by atoms with Crippen LogP contribution in [-0.2, 0) is 6.54 Å². The highest BCUT2D eigenvalue weighted by molar-refractivity contribution is 6.04. The van der Waals surface area contributed by atoms with E-state index in [2.05, 4.69) is 10.3 Å². The molecule has 6 nitrogen and oxygen atoms in total. The van der Waals surface area contributed by atoms with E-state index in [1.165, 1.54) is 10.6 Å². The Bertz CT molecular complexity index is 724. The maximum absolute atomic E-state index is 12.4. The topological polar surface area (TPSA) is 90.0 Å². The molecule has 0 saturated heterocycles.